The first kappa shape index (κ1) is 18.5. The molecule has 0 aliphatic heterocycles. The van der Waals surface area contributed by atoms with Crippen LogP contribution < -0.4 is 0 Å². The molecular formula is C28H22N2S. The van der Waals surface area contributed by atoms with Crippen LogP contribution in [0, 0.1) is 0 Å². The molecule has 6 rings (SSSR count). The minimum absolute atomic E-state index is 0.0481. The van der Waals surface area contributed by atoms with Gasteiger partial charge in [-0.3, -0.25) is 0 Å². The smallest absolute Gasteiger partial charge is 0.124 e. The Labute approximate surface area is 185 Å². The molecule has 31 heavy (non-hydrogen) atoms. The zero-order chi connectivity index (χ0) is 21.2. The van der Waals surface area contributed by atoms with Gasteiger partial charge in [-0.2, -0.15) is 0 Å². The van der Waals surface area contributed by atoms with Crippen LogP contribution in [0.5, 0.6) is 0 Å². The summed E-state index contributed by atoms with van der Waals surface area (Å²) in [4.78, 5) is 10.8. The highest BCUT2D eigenvalue weighted by Crippen LogP contribution is 2.42. The zero-order valence-corrected chi connectivity index (χ0v) is 18.6. The monoisotopic (exact) mass is 418 g/mol. The molecule has 0 saturated heterocycles. The van der Waals surface area contributed by atoms with Gasteiger partial charge in [-0.05, 0) is 58.1 Å². The van der Waals surface area contributed by atoms with Gasteiger partial charge in [-0.15, -0.1) is 11.3 Å². The number of pyridine rings is 2. The minimum atomic E-state index is 0.0481. The molecule has 150 valence electrons. The number of fused-ring (bicyclic) bond motifs is 6. The molecule has 0 radical (unpaired) electrons. The van der Waals surface area contributed by atoms with Crippen molar-refractivity contribution in [2.24, 2.45) is 0 Å². The van der Waals surface area contributed by atoms with E-state index in [2.05, 4.69) is 92.5 Å². The molecule has 3 heterocycles. The number of hydrogen-bond donors (Lipinski definition) is 0. The maximum Gasteiger partial charge on any atom is 0.124 e. The van der Waals surface area contributed by atoms with Crippen LogP contribution >= 0.6 is 11.3 Å². The molecule has 2 nitrogen and oxygen atoms in total. The van der Waals surface area contributed by atoms with E-state index >= 15 is 0 Å². The third-order valence-electron chi connectivity index (χ3n) is 6.09. The number of nitrogens with zero attached hydrogens (tertiary/aromatic N) is 2. The molecule has 3 heteroatoms. The SMILES string of the molecule is CC(C)(C)c1cc(-c2ccc3c(ccc4ccccc43)n2)c2sc3ncccc3c2c1. The Bertz CT molecular complexity index is 1620. The van der Waals surface area contributed by atoms with Crippen molar-refractivity contribution < 1.29 is 0 Å². The van der Waals surface area contributed by atoms with Crippen molar-refractivity contribution in [3.63, 3.8) is 0 Å². The van der Waals surface area contributed by atoms with Gasteiger partial charge < -0.3 is 0 Å². The second kappa shape index (κ2) is 6.60. The Morgan fingerprint density at radius 2 is 1.58 bits per heavy atom. The summed E-state index contributed by atoms with van der Waals surface area (Å²) in [6, 6.07) is 26.1. The largest absolute Gasteiger partial charge is 0.248 e. The highest BCUT2D eigenvalue weighted by molar-refractivity contribution is 7.26. The van der Waals surface area contributed by atoms with Gasteiger partial charge >= 0.3 is 0 Å². The zero-order valence-electron chi connectivity index (χ0n) is 17.8. The first-order valence-corrected chi connectivity index (χ1v) is 11.4. The number of benzene rings is 3. The fourth-order valence-electron chi connectivity index (χ4n) is 4.37. The maximum atomic E-state index is 5.13. The van der Waals surface area contributed by atoms with E-state index in [0.717, 1.165) is 16.0 Å². The van der Waals surface area contributed by atoms with Crippen LogP contribution in [0.4, 0.5) is 0 Å². The highest BCUT2D eigenvalue weighted by atomic mass is 32.1. The lowest BCUT2D eigenvalue weighted by Gasteiger charge is -2.20. The highest BCUT2D eigenvalue weighted by Gasteiger charge is 2.20. The molecule has 0 aliphatic rings. The summed E-state index contributed by atoms with van der Waals surface area (Å²) in [5.74, 6) is 0. The van der Waals surface area contributed by atoms with Crippen LogP contribution in [0.1, 0.15) is 26.3 Å². The van der Waals surface area contributed by atoms with Gasteiger partial charge in [0.15, 0.2) is 0 Å². The fourth-order valence-corrected chi connectivity index (χ4v) is 5.52. The Hall–Kier alpha value is -3.30. The number of rotatable bonds is 1. The minimum Gasteiger partial charge on any atom is -0.248 e. The molecule has 0 spiro atoms. The van der Waals surface area contributed by atoms with Gasteiger partial charge in [-0.1, -0.05) is 57.2 Å². The predicted octanol–water partition coefficient (Wildman–Crippen LogP) is 8.12. The molecule has 0 N–H and O–H groups in total. The van der Waals surface area contributed by atoms with E-state index in [4.69, 9.17) is 4.98 Å². The Kier molecular flexibility index (Phi) is 3.93. The van der Waals surface area contributed by atoms with Gasteiger partial charge in [0.1, 0.15) is 4.83 Å². The van der Waals surface area contributed by atoms with Crippen molar-refractivity contribution in [3.05, 3.63) is 84.6 Å². The van der Waals surface area contributed by atoms with Crippen LogP contribution in [0.25, 0.3) is 53.2 Å². The van der Waals surface area contributed by atoms with E-state index in [0.29, 0.717) is 0 Å². The van der Waals surface area contributed by atoms with Gasteiger partial charge in [0.25, 0.3) is 0 Å². The van der Waals surface area contributed by atoms with Crippen molar-refractivity contribution >= 4 is 53.3 Å². The van der Waals surface area contributed by atoms with Crippen LogP contribution in [0.2, 0.25) is 0 Å². The van der Waals surface area contributed by atoms with Crippen molar-refractivity contribution in [2.45, 2.75) is 26.2 Å². The quantitative estimate of drug-likeness (QED) is 0.252. The van der Waals surface area contributed by atoms with Gasteiger partial charge in [0.2, 0.25) is 0 Å². The fraction of sp³-hybridized carbons (Fsp3) is 0.143. The summed E-state index contributed by atoms with van der Waals surface area (Å²) in [5, 5.41) is 6.19. The standard InChI is InChI=1S/C28H22N2S/c1-28(2,3)18-15-22-21-9-6-14-29-27(21)31-26(22)23(16-18)25-13-11-20-19-8-5-4-7-17(19)10-12-24(20)30-25/h4-16H,1-3H3. The first-order chi connectivity index (χ1) is 15.0. The molecule has 0 fully saturated rings. The third-order valence-corrected chi connectivity index (χ3v) is 7.25. The summed E-state index contributed by atoms with van der Waals surface area (Å²) in [7, 11) is 0. The number of hydrogen-bond acceptors (Lipinski definition) is 3. The van der Waals surface area contributed by atoms with Crippen LogP contribution in [0.3, 0.4) is 0 Å². The molecular weight excluding hydrogens is 396 g/mol. The Balaban J connectivity index is 1.68. The summed E-state index contributed by atoms with van der Waals surface area (Å²) < 4.78 is 1.26. The molecule has 3 aromatic carbocycles. The topological polar surface area (TPSA) is 25.8 Å². The molecule has 0 saturated carbocycles. The molecule has 6 aromatic rings. The molecule has 0 atom stereocenters. The molecule has 0 aliphatic carbocycles. The van der Waals surface area contributed by atoms with Crippen molar-refractivity contribution in [1.82, 2.24) is 9.97 Å². The number of aromatic nitrogens is 2. The van der Waals surface area contributed by atoms with Crippen LogP contribution in [-0.2, 0) is 5.41 Å². The lowest BCUT2D eigenvalue weighted by atomic mass is 9.85. The first-order valence-electron chi connectivity index (χ1n) is 10.6. The Morgan fingerprint density at radius 3 is 2.45 bits per heavy atom. The number of thiophene rings is 1. The van der Waals surface area contributed by atoms with E-state index in [-0.39, 0.29) is 5.41 Å². The second-order valence-corrected chi connectivity index (χ2v) is 10.2. The summed E-state index contributed by atoms with van der Waals surface area (Å²) in [6.07, 6.45) is 1.88. The summed E-state index contributed by atoms with van der Waals surface area (Å²) in [6.45, 7) is 6.81. The van der Waals surface area contributed by atoms with E-state index in [9.17, 15) is 0 Å². The van der Waals surface area contributed by atoms with Crippen molar-refractivity contribution in [1.29, 1.82) is 0 Å². The maximum absolute atomic E-state index is 5.13. The molecule has 3 aromatic heterocycles. The molecule has 0 bridgehead atoms. The average molecular weight is 419 g/mol. The Morgan fingerprint density at radius 1 is 0.742 bits per heavy atom. The summed E-state index contributed by atoms with van der Waals surface area (Å²) in [5.41, 5.74) is 4.61. The van der Waals surface area contributed by atoms with E-state index < -0.39 is 0 Å². The predicted molar refractivity (Wildman–Crippen MR) is 134 cm³/mol. The van der Waals surface area contributed by atoms with Crippen LogP contribution in [-0.4, -0.2) is 9.97 Å². The van der Waals surface area contributed by atoms with Gasteiger partial charge in [-0.25, -0.2) is 9.97 Å². The van der Waals surface area contributed by atoms with Gasteiger partial charge in [0.05, 0.1) is 11.2 Å². The summed E-state index contributed by atoms with van der Waals surface area (Å²) >= 11 is 1.76. The third kappa shape index (κ3) is 2.92. The van der Waals surface area contributed by atoms with Crippen LogP contribution in [0.15, 0.2) is 79.0 Å². The van der Waals surface area contributed by atoms with Crippen molar-refractivity contribution in [3.8, 4) is 11.3 Å². The molecule has 0 unspecified atom stereocenters. The van der Waals surface area contributed by atoms with E-state index in [1.807, 2.05) is 12.3 Å². The van der Waals surface area contributed by atoms with E-state index in [1.165, 1.54) is 42.8 Å². The normalized spacial score (nSPS) is 12.4. The van der Waals surface area contributed by atoms with Crippen molar-refractivity contribution in [2.75, 3.05) is 0 Å². The van der Waals surface area contributed by atoms with Gasteiger partial charge in [0, 0.05) is 32.6 Å². The average Bonchev–Trinajstić information content (AvgIpc) is 3.16. The molecule has 0 amide bonds. The lowest BCUT2D eigenvalue weighted by Crippen LogP contribution is -2.11. The second-order valence-electron chi connectivity index (χ2n) is 9.16. The van der Waals surface area contributed by atoms with E-state index in [1.54, 1.807) is 11.3 Å². The lowest BCUT2D eigenvalue weighted by molar-refractivity contribution is 0.591.